The molecule has 0 spiro atoms. The van der Waals surface area contributed by atoms with Gasteiger partial charge in [0.1, 0.15) is 0 Å². The molecule has 6 heteroatoms. The van der Waals surface area contributed by atoms with Gasteiger partial charge in [0, 0.05) is 56.3 Å². The number of carbonyl (C=O) groups excluding carboxylic acids is 1. The number of nitrogens with zero attached hydrogens (tertiary/aromatic N) is 2. The first-order valence-corrected chi connectivity index (χ1v) is 12.8. The number of amides is 1. The van der Waals surface area contributed by atoms with Gasteiger partial charge in [-0.3, -0.25) is 9.69 Å². The smallest absolute Gasteiger partial charge is 0.216 e. The van der Waals surface area contributed by atoms with Crippen LogP contribution in [-0.2, 0) is 4.79 Å². The summed E-state index contributed by atoms with van der Waals surface area (Å²) in [5.74, 6) is -0.0240. The lowest BCUT2D eigenvalue weighted by molar-refractivity contribution is -0.119. The molecule has 2 saturated heterocycles. The van der Waals surface area contributed by atoms with Crippen LogP contribution in [0, 0.1) is 12.3 Å². The van der Waals surface area contributed by atoms with Crippen LogP contribution in [0.2, 0.25) is 0 Å². The third-order valence-electron chi connectivity index (χ3n) is 9.01. The van der Waals surface area contributed by atoms with Crippen molar-refractivity contribution in [2.24, 2.45) is 5.41 Å². The van der Waals surface area contributed by atoms with Crippen molar-refractivity contribution in [3.8, 4) is 0 Å². The number of piperidine rings is 1. The number of anilines is 1. The van der Waals surface area contributed by atoms with Crippen LogP contribution in [0.25, 0.3) is 0 Å². The average molecular weight is 458 g/mol. The zero-order valence-corrected chi connectivity index (χ0v) is 20.9. The van der Waals surface area contributed by atoms with Crippen molar-refractivity contribution in [2.45, 2.75) is 95.9 Å². The maximum atomic E-state index is 11.7. The molecular formula is C27H43N3O3. The molecule has 184 valence electrons. The first-order valence-electron chi connectivity index (χ1n) is 12.8. The second kappa shape index (κ2) is 9.20. The van der Waals surface area contributed by atoms with Gasteiger partial charge in [-0.15, -0.1) is 0 Å². The Balaban J connectivity index is 1.51. The van der Waals surface area contributed by atoms with Gasteiger partial charge < -0.3 is 20.4 Å². The van der Waals surface area contributed by atoms with Crippen molar-refractivity contribution in [1.82, 2.24) is 10.2 Å². The fourth-order valence-electron chi connectivity index (χ4n) is 6.71. The van der Waals surface area contributed by atoms with E-state index in [1.54, 1.807) is 6.92 Å². The monoisotopic (exact) mass is 457 g/mol. The van der Waals surface area contributed by atoms with E-state index < -0.39 is 11.2 Å². The summed E-state index contributed by atoms with van der Waals surface area (Å²) in [5, 5.41) is 26.2. The van der Waals surface area contributed by atoms with Gasteiger partial charge in [-0.25, -0.2) is 0 Å². The standard InChI is InChI=1S/C27H43N3O3/c1-20-8-7-9-22(16-20)29-14-12-27(33,13-15-29)19-30-23(18-28-21(2)31)17-25(3)24(30)10-5-6-11-26(25,4)32/h7-9,16,23-24,32-33H,5-6,10-15,17-19H2,1-4H3,(H,28,31)/t23-,24-,25-,26+/m1/s1. The fourth-order valence-corrected chi connectivity index (χ4v) is 6.71. The van der Waals surface area contributed by atoms with E-state index >= 15 is 0 Å². The predicted octanol–water partition coefficient (Wildman–Crippen LogP) is 3.24. The number of β-amino-alcohol motifs (C(OH)–C–C–N with tert-alkyl or cyclic N) is 1. The molecule has 1 amide bonds. The molecule has 2 aliphatic heterocycles. The molecule has 1 saturated carbocycles. The maximum absolute atomic E-state index is 11.7. The van der Waals surface area contributed by atoms with Gasteiger partial charge in [0.05, 0.1) is 11.2 Å². The molecule has 0 bridgehead atoms. The number of aryl methyl sites for hydroxylation is 1. The molecule has 2 heterocycles. The minimum Gasteiger partial charge on any atom is -0.390 e. The summed E-state index contributed by atoms with van der Waals surface area (Å²) >= 11 is 0. The second-order valence-electron chi connectivity index (χ2n) is 11.5. The highest BCUT2D eigenvalue weighted by Crippen LogP contribution is 2.53. The van der Waals surface area contributed by atoms with Crippen LogP contribution in [0.5, 0.6) is 0 Å². The molecule has 1 aromatic carbocycles. The van der Waals surface area contributed by atoms with E-state index in [1.807, 2.05) is 6.92 Å². The number of carbonyl (C=O) groups is 1. The van der Waals surface area contributed by atoms with Gasteiger partial charge in [0.25, 0.3) is 0 Å². The summed E-state index contributed by atoms with van der Waals surface area (Å²) in [5.41, 5.74) is 0.748. The summed E-state index contributed by atoms with van der Waals surface area (Å²) in [7, 11) is 0. The van der Waals surface area contributed by atoms with E-state index in [-0.39, 0.29) is 23.4 Å². The van der Waals surface area contributed by atoms with Crippen LogP contribution in [0.15, 0.2) is 24.3 Å². The number of hydrogen-bond acceptors (Lipinski definition) is 5. The summed E-state index contributed by atoms with van der Waals surface area (Å²) in [6.07, 6.45) is 6.29. The van der Waals surface area contributed by atoms with Crippen LogP contribution < -0.4 is 10.2 Å². The lowest BCUT2D eigenvalue weighted by atomic mass is 9.67. The highest BCUT2D eigenvalue weighted by Gasteiger charge is 2.58. The quantitative estimate of drug-likeness (QED) is 0.633. The highest BCUT2D eigenvalue weighted by molar-refractivity contribution is 5.72. The number of rotatable bonds is 5. The van der Waals surface area contributed by atoms with Crippen molar-refractivity contribution in [2.75, 3.05) is 31.1 Å². The van der Waals surface area contributed by atoms with Crippen molar-refractivity contribution in [3.05, 3.63) is 29.8 Å². The molecule has 4 atom stereocenters. The number of fused-ring (bicyclic) bond motifs is 1. The lowest BCUT2D eigenvalue weighted by Gasteiger charge is -2.47. The Morgan fingerprint density at radius 1 is 1.15 bits per heavy atom. The topological polar surface area (TPSA) is 76.0 Å². The van der Waals surface area contributed by atoms with E-state index in [0.717, 1.165) is 58.0 Å². The summed E-state index contributed by atoms with van der Waals surface area (Å²) in [6.45, 7) is 10.8. The number of aliphatic hydroxyl groups is 2. The van der Waals surface area contributed by atoms with E-state index in [4.69, 9.17) is 0 Å². The van der Waals surface area contributed by atoms with Crippen molar-refractivity contribution in [1.29, 1.82) is 0 Å². The number of benzene rings is 1. The Morgan fingerprint density at radius 2 is 1.88 bits per heavy atom. The summed E-state index contributed by atoms with van der Waals surface area (Å²) in [6, 6.07) is 8.93. The SMILES string of the molecule is CC(=O)NC[C@H]1C[C@]2(C)[C@@H](CCCC[C@]2(C)O)N1CC1(O)CCN(c2cccc(C)c2)CC1. The molecule has 6 nitrogen and oxygen atoms in total. The lowest BCUT2D eigenvalue weighted by Crippen LogP contribution is -2.57. The van der Waals surface area contributed by atoms with E-state index in [9.17, 15) is 15.0 Å². The van der Waals surface area contributed by atoms with Crippen molar-refractivity contribution in [3.63, 3.8) is 0 Å². The Morgan fingerprint density at radius 3 is 2.55 bits per heavy atom. The van der Waals surface area contributed by atoms with Gasteiger partial charge in [0.2, 0.25) is 5.91 Å². The fraction of sp³-hybridized carbons (Fsp3) is 0.741. The van der Waals surface area contributed by atoms with E-state index in [1.165, 1.54) is 11.3 Å². The Bertz CT molecular complexity index is 849. The van der Waals surface area contributed by atoms with Gasteiger partial charge in [0.15, 0.2) is 0 Å². The van der Waals surface area contributed by atoms with Crippen molar-refractivity contribution >= 4 is 11.6 Å². The third kappa shape index (κ3) is 4.94. The van der Waals surface area contributed by atoms with Gasteiger partial charge >= 0.3 is 0 Å². The largest absolute Gasteiger partial charge is 0.390 e. The molecule has 3 fully saturated rings. The Labute approximate surface area is 199 Å². The van der Waals surface area contributed by atoms with Crippen LogP contribution in [-0.4, -0.2) is 70.5 Å². The van der Waals surface area contributed by atoms with Crippen LogP contribution in [0.1, 0.15) is 71.3 Å². The van der Waals surface area contributed by atoms with Crippen molar-refractivity contribution < 1.29 is 15.0 Å². The molecule has 3 aliphatic rings. The molecular weight excluding hydrogens is 414 g/mol. The predicted molar refractivity (Wildman–Crippen MR) is 132 cm³/mol. The van der Waals surface area contributed by atoms with Crippen LogP contribution >= 0.6 is 0 Å². The Hall–Kier alpha value is -1.63. The molecule has 1 aliphatic carbocycles. The molecule has 4 rings (SSSR count). The first kappa shape index (κ1) is 24.5. The zero-order valence-electron chi connectivity index (χ0n) is 20.9. The minimum absolute atomic E-state index is 0.0240. The molecule has 1 aromatic rings. The summed E-state index contributed by atoms with van der Waals surface area (Å²) < 4.78 is 0. The van der Waals surface area contributed by atoms with E-state index in [2.05, 4.69) is 53.2 Å². The molecule has 0 unspecified atom stereocenters. The van der Waals surface area contributed by atoms with Gasteiger partial charge in [-0.05, 0) is 63.6 Å². The molecule has 0 aromatic heterocycles. The highest BCUT2D eigenvalue weighted by atomic mass is 16.3. The normalized spacial score (nSPS) is 34.5. The minimum atomic E-state index is -0.752. The number of hydrogen-bond donors (Lipinski definition) is 3. The van der Waals surface area contributed by atoms with Gasteiger partial charge in [-0.1, -0.05) is 31.9 Å². The average Bonchev–Trinajstić information content (AvgIpc) is 2.95. The maximum Gasteiger partial charge on any atom is 0.216 e. The van der Waals surface area contributed by atoms with Crippen LogP contribution in [0.3, 0.4) is 0 Å². The van der Waals surface area contributed by atoms with Gasteiger partial charge in [-0.2, -0.15) is 0 Å². The Kier molecular flexibility index (Phi) is 6.83. The second-order valence-corrected chi connectivity index (χ2v) is 11.5. The zero-order chi connectivity index (χ0) is 23.9. The number of likely N-dealkylation sites (tertiary alicyclic amines) is 1. The molecule has 33 heavy (non-hydrogen) atoms. The first-order chi connectivity index (χ1) is 15.5. The van der Waals surface area contributed by atoms with E-state index in [0.29, 0.717) is 13.1 Å². The molecule has 3 N–H and O–H groups in total. The summed E-state index contributed by atoms with van der Waals surface area (Å²) in [4.78, 5) is 16.5. The number of nitrogens with one attached hydrogen (secondary N) is 1. The molecule has 0 radical (unpaired) electrons. The third-order valence-corrected chi connectivity index (χ3v) is 9.01. The van der Waals surface area contributed by atoms with Crippen LogP contribution in [0.4, 0.5) is 5.69 Å².